The third-order valence-corrected chi connectivity index (χ3v) is 11.9. The van der Waals surface area contributed by atoms with E-state index in [-0.39, 0.29) is 40.4 Å². The van der Waals surface area contributed by atoms with Gasteiger partial charge in [0.1, 0.15) is 6.04 Å². The lowest BCUT2D eigenvalue weighted by Gasteiger charge is -2.42. The Bertz CT molecular complexity index is 892. The Morgan fingerprint density at radius 2 is 1.89 bits per heavy atom. The first kappa shape index (κ1) is 27.7. The molecule has 0 aromatic heterocycles. The normalized spacial score (nSPS) is 34.4. The molecule has 0 radical (unpaired) electrons. The molecule has 1 N–H and O–H groups in total. The second kappa shape index (κ2) is 11.2. The lowest BCUT2D eigenvalue weighted by atomic mass is 9.70. The highest BCUT2D eigenvalue weighted by Gasteiger charge is 2.76. The summed E-state index contributed by atoms with van der Waals surface area (Å²) in [5, 5.41) is 10.2. The first-order chi connectivity index (χ1) is 17.3. The summed E-state index contributed by atoms with van der Waals surface area (Å²) in [4.78, 5) is 47.7. The van der Waals surface area contributed by atoms with Crippen LogP contribution in [0.3, 0.4) is 0 Å². The Labute approximate surface area is 227 Å². The molecule has 0 aromatic rings. The van der Waals surface area contributed by atoms with Crippen molar-refractivity contribution in [1.29, 1.82) is 0 Å². The van der Waals surface area contributed by atoms with Crippen molar-refractivity contribution in [1.82, 2.24) is 14.7 Å². The van der Waals surface area contributed by atoms with Crippen LogP contribution in [0.2, 0.25) is 0 Å². The molecule has 4 aliphatic rings. The number of aliphatic hydroxyl groups excluding tert-OH is 1. The van der Waals surface area contributed by atoms with Crippen LogP contribution in [0.15, 0.2) is 25.3 Å². The van der Waals surface area contributed by atoms with Gasteiger partial charge in [0.05, 0.1) is 29.2 Å². The minimum absolute atomic E-state index is 0.0321. The highest BCUT2D eigenvalue weighted by molar-refractivity contribution is 9.09. The van der Waals surface area contributed by atoms with Gasteiger partial charge in [0.2, 0.25) is 17.7 Å². The monoisotopic (exact) mass is 581 g/mol. The summed E-state index contributed by atoms with van der Waals surface area (Å²) in [5.74, 6) is -1.37. The van der Waals surface area contributed by atoms with Gasteiger partial charge in [-0.15, -0.1) is 24.9 Å². The molecule has 36 heavy (non-hydrogen) atoms. The summed E-state index contributed by atoms with van der Waals surface area (Å²) in [6, 6.07) is -1.03. The van der Waals surface area contributed by atoms with Crippen molar-refractivity contribution >= 4 is 45.4 Å². The molecular weight excluding hydrogens is 542 g/mol. The topological polar surface area (TPSA) is 81.2 Å². The number of thioether (sulfide) groups is 1. The summed E-state index contributed by atoms with van der Waals surface area (Å²) in [6.45, 7) is 10.2. The summed E-state index contributed by atoms with van der Waals surface area (Å²) in [6.07, 6.45) is 9.92. The van der Waals surface area contributed by atoms with E-state index in [0.29, 0.717) is 25.9 Å². The van der Waals surface area contributed by atoms with Gasteiger partial charge in [-0.3, -0.25) is 14.4 Å². The average molecular weight is 583 g/mol. The maximum atomic E-state index is 14.5. The molecule has 4 rings (SSSR count). The number of likely N-dealkylation sites (N-methyl/N-ethyl adjacent to an activating group) is 1. The van der Waals surface area contributed by atoms with Crippen LogP contribution < -0.4 is 0 Å². The predicted molar refractivity (Wildman–Crippen MR) is 147 cm³/mol. The smallest absolute Gasteiger partial charge is 0.247 e. The van der Waals surface area contributed by atoms with Crippen molar-refractivity contribution in [2.75, 3.05) is 26.7 Å². The molecule has 3 aliphatic heterocycles. The van der Waals surface area contributed by atoms with Gasteiger partial charge < -0.3 is 19.8 Å². The largest absolute Gasteiger partial charge is 0.394 e. The van der Waals surface area contributed by atoms with Crippen molar-refractivity contribution in [3.05, 3.63) is 25.3 Å². The number of amides is 3. The molecule has 3 amide bonds. The van der Waals surface area contributed by atoms with Crippen LogP contribution in [0.4, 0.5) is 0 Å². The second-order valence-electron chi connectivity index (χ2n) is 10.7. The van der Waals surface area contributed by atoms with E-state index in [1.54, 1.807) is 40.8 Å². The molecule has 4 fully saturated rings. The lowest BCUT2D eigenvalue weighted by Crippen LogP contribution is -2.59. The molecule has 1 spiro atoms. The molecule has 3 heterocycles. The minimum Gasteiger partial charge on any atom is -0.394 e. The van der Waals surface area contributed by atoms with Gasteiger partial charge in [0.25, 0.3) is 0 Å². The van der Waals surface area contributed by atoms with Gasteiger partial charge >= 0.3 is 0 Å². The van der Waals surface area contributed by atoms with E-state index in [0.717, 1.165) is 25.7 Å². The van der Waals surface area contributed by atoms with E-state index < -0.39 is 28.7 Å². The number of halogens is 1. The number of aliphatic hydroxyl groups is 1. The van der Waals surface area contributed by atoms with E-state index in [1.165, 1.54) is 6.42 Å². The van der Waals surface area contributed by atoms with Crippen LogP contribution in [-0.2, 0) is 14.4 Å². The molecule has 9 heteroatoms. The molecule has 0 aromatic carbocycles. The third kappa shape index (κ3) is 4.37. The average Bonchev–Trinajstić information content (AvgIpc) is 3.47. The van der Waals surface area contributed by atoms with E-state index in [1.807, 2.05) is 11.8 Å². The molecule has 7 atom stereocenters. The van der Waals surface area contributed by atoms with E-state index in [4.69, 9.17) is 0 Å². The first-order valence-electron chi connectivity index (χ1n) is 13.3. The molecule has 1 aliphatic carbocycles. The van der Waals surface area contributed by atoms with Crippen LogP contribution in [0, 0.1) is 11.8 Å². The van der Waals surface area contributed by atoms with Gasteiger partial charge in [-0.25, -0.2) is 0 Å². The van der Waals surface area contributed by atoms with Crippen LogP contribution in [0.25, 0.3) is 0 Å². The molecule has 7 nitrogen and oxygen atoms in total. The Morgan fingerprint density at radius 1 is 1.22 bits per heavy atom. The number of hydrogen-bond donors (Lipinski definition) is 1. The van der Waals surface area contributed by atoms with Crippen molar-refractivity contribution in [3.63, 3.8) is 0 Å². The standard InChI is InChI=1S/C27H40BrN3O4S/c1-5-13-29(4)24(33)20-21-25(34)31(17(7-3)16-32)23(27(21)15-19(28)22(20)36-27)26(35)30(14-6-2)18-11-9-8-10-12-18/h5-6,17-23,32H,1-2,7-16H2,3-4H3/t17-,19?,20-,21-,22-,23?,27?/m0/s1. The minimum atomic E-state index is -0.702. The van der Waals surface area contributed by atoms with Crippen molar-refractivity contribution in [2.24, 2.45) is 11.8 Å². The van der Waals surface area contributed by atoms with Gasteiger partial charge in [-0.1, -0.05) is 54.3 Å². The number of rotatable bonds is 10. The third-order valence-electron chi connectivity index (χ3n) is 8.73. The quantitative estimate of drug-likeness (QED) is 0.316. The molecule has 1 saturated carbocycles. The van der Waals surface area contributed by atoms with Gasteiger partial charge in [0.15, 0.2) is 0 Å². The number of fused-ring (bicyclic) bond motifs is 1. The van der Waals surface area contributed by atoms with Crippen LogP contribution in [0.5, 0.6) is 0 Å². The fourth-order valence-electron chi connectivity index (χ4n) is 7.08. The molecule has 200 valence electrons. The van der Waals surface area contributed by atoms with Crippen LogP contribution in [-0.4, -0.2) is 97.2 Å². The zero-order valence-corrected chi connectivity index (χ0v) is 23.9. The summed E-state index contributed by atoms with van der Waals surface area (Å²) >= 11 is 5.48. The lowest BCUT2D eigenvalue weighted by molar-refractivity contribution is -0.147. The second-order valence-corrected chi connectivity index (χ2v) is 13.4. The Balaban J connectivity index is 1.78. The molecular formula is C27H40BrN3O4S. The SMILES string of the molecule is C=CCN(C)C(=O)[C@H]1[C@H]2C(=O)N([C@@H](CC)CO)C(C(=O)N(CC=C)C3CCCCC3)C23CC(Br)[C@@H]1S3. The maximum absolute atomic E-state index is 14.5. The summed E-state index contributed by atoms with van der Waals surface area (Å²) < 4.78 is -0.695. The maximum Gasteiger partial charge on any atom is 0.247 e. The Morgan fingerprint density at radius 3 is 2.47 bits per heavy atom. The van der Waals surface area contributed by atoms with E-state index in [2.05, 4.69) is 29.1 Å². The number of carbonyl (C=O) groups is 3. The van der Waals surface area contributed by atoms with Gasteiger partial charge in [0, 0.05) is 36.3 Å². The molecule has 3 saturated heterocycles. The Hall–Kier alpha value is -1.32. The van der Waals surface area contributed by atoms with E-state index >= 15 is 0 Å². The zero-order valence-electron chi connectivity index (χ0n) is 21.5. The van der Waals surface area contributed by atoms with Crippen molar-refractivity contribution in [3.8, 4) is 0 Å². The number of nitrogens with zero attached hydrogens (tertiary/aromatic N) is 3. The van der Waals surface area contributed by atoms with E-state index in [9.17, 15) is 19.5 Å². The van der Waals surface area contributed by atoms with Crippen molar-refractivity contribution < 1.29 is 19.5 Å². The van der Waals surface area contributed by atoms with Gasteiger partial charge in [-0.2, -0.15) is 0 Å². The van der Waals surface area contributed by atoms with Crippen LogP contribution in [0.1, 0.15) is 51.9 Å². The van der Waals surface area contributed by atoms with Crippen LogP contribution >= 0.6 is 27.7 Å². The highest BCUT2D eigenvalue weighted by atomic mass is 79.9. The number of alkyl halides is 1. The fourth-order valence-corrected chi connectivity index (χ4v) is 10.7. The number of hydrogen-bond acceptors (Lipinski definition) is 5. The first-order valence-corrected chi connectivity index (χ1v) is 15.1. The fraction of sp³-hybridized carbons (Fsp3) is 0.741. The number of likely N-dealkylation sites (tertiary alicyclic amines) is 1. The zero-order chi connectivity index (χ0) is 26.2. The highest BCUT2D eigenvalue weighted by Crippen LogP contribution is 2.68. The van der Waals surface area contributed by atoms with Gasteiger partial charge in [-0.05, 0) is 25.7 Å². The van der Waals surface area contributed by atoms with Crippen molar-refractivity contribution in [2.45, 2.75) is 84.8 Å². The Kier molecular flexibility index (Phi) is 8.62. The predicted octanol–water partition coefficient (Wildman–Crippen LogP) is 3.21. The molecule has 3 unspecified atom stereocenters. The summed E-state index contributed by atoms with van der Waals surface area (Å²) in [5.41, 5.74) is 0. The summed E-state index contributed by atoms with van der Waals surface area (Å²) in [7, 11) is 1.74. The number of carbonyl (C=O) groups excluding carboxylic acids is 3. The molecule has 2 bridgehead atoms.